The van der Waals surface area contributed by atoms with Crippen LogP contribution in [-0.2, 0) is 9.47 Å². The van der Waals surface area contributed by atoms with Crippen LogP contribution in [0.15, 0.2) is 24.3 Å². The second-order valence-corrected chi connectivity index (χ2v) is 17.6. The van der Waals surface area contributed by atoms with Crippen molar-refractivity contribution in [2.24, 2.45) is 10.8 Å². The summed E-state index contributed by atoms with van der Waals surface area (Å²) in [5.41, 5.74) is -1.63. The highest BCUT2D eigenvalue weighted by molar-refractivity contribution is 6.04. The topological polar surface area (TPSA) is 143 Å². The van der Waals surface area contributed by atoms with Gasteiger partial charge in [-0.3, -0.25) is 4.90 Å². The summed E-state index contributed by atoms with van der Waals surface area (Å²) in [5, 5.41) is 33.0. The van der Waals surface area contributed by atoms with E-state index in [1.165, 1.54) is 44.2 Å². The Labute approximate surface area is 350 Å². The fourth-order valence-electron chi connectivity index (χ4n) is 10.8. The minimum atomic E-state index is -1.37. The first kappa shape index (κ1) is 42.3. The summed E-state index contributed by atoms with van der Waals surface area (Å²) in [7, 11) is 1.38. The molecule has 2 aromatic carbocycles. The Hall–Kier alpha value is -4.39. The standard InChI is InChI=1S/C44H51F2N5O7.C2H6/c1-4-30-32(45)9-8-26-17-28(53)18-31(34(26)30)37-36(46)38-35(40(47-37)55-3)39(50-21-29(22-52)57-24-42(2,54)23-50)49-41(48-38)58-25-44-10-5-7-33(44)51(14-6-11-44)27-19-43(20-27)12-15-56-16-13-43;1-2/h1,8-9,17-18,27,29,33,52-54H,5-7,10-16,19-25H2,2-3H3;1-2H3. The van der Waals surface area contributed by atoms with Gasteiger partial charge in [0.25, 0.3) is 0 Å². The van der Waals surface area contributed by atoms with Gasteiger partial charge < -0.3 is 39.2 Å². The summed E-state index contributed by atoms with van der Waals surface area (Å²) in [6.07, 6.45) is 15.0. The Morgan fingerprint density at radius 1 is 1.03 bits per heavy atom. The van der Waals surface area contributed by atoms with E-state index in [9.17, 15) is 15.3 Å². The van der Waals surface area contributed by atoms with Gasteiger partial charge in [0.15, 0.2) is 5.82 Å². The van der Waals surface area contributed by atoms with Crippen molar-refractivity contribution in [2.45, 2.75) is 102 Å². The van der Waals surface area contributed by atoms with Gasteiger partial charge in [-0.25, -0.2) is 13.8 Å². The predicted octanol–water partition coefficient (Wildman–Crippen LogP) is 6.77. The lowest BCUT2D eigenvalue weighted by atomic mass is 9.60. The first-order chi connectivity index (χ1) is 29.0. The van der Waals surface area contributed by atoms with Crippen LogP contribution in [0.25, 0.3) is 32.9 Å². The fraction of sp³-hybridized carbons (Fsp3) is 0.587. The van der Waals surface area contributed by atoms with Crippen LogP contribution < -0.4 is 14.4 Å². The number of piperidine rings is 1. The second-order valence-electron chi connectivity index (χ2n) is 17.6. The highest BCUT2D eigenvalue weighted by Crippen LogP contribution is 2.56. The lowest BCUT2D eigenvalue weighted by Crippen LogP contribution is -2.61. The van der Waals surface area contributed by atoms with Crippen molar-refractivity contribution in [1.29, 1.82) is 0 Å². The molecule has 5 aliphatic rings. The molecule has 0 radical (unpaired) electrons. The number of ether oxygens (including phenoxy) is 4. The number of anilines is 1. The molecule has 12 nitrogen and oxygen atoms in total. The number of pyridine rings is 1. The lowest BCUT2D eigenvalue weighted by Gasteiger charge is -2.58. The van der Waals surface area contributed by atoms with Crippen molar-refractivity contribution in [3.8, 4) is 41.2 Å². The molecule has 3 saturated heterocycles. The van der Waals surface area contributed by atoms with Gasteiger partial charge in [0.05, 0.1) is 45.1 Å². The molecule has 3 N–H and O–H groups in total. The van der Waals surface area contributed by atoms with Crippen molar-refractivity contribution < 1.29 is 43.0 Å². The average Bonchev–Trinajstić information content (AvgIpc) is 3.61. The van der Waals surface area contributed by atoms with Crippen molar-refractivity contribution in [3.63, 3.8) is 0 Å². The fourth-order valence-corrected chi connectivity index (χ4v) is 10.8. The Balaban J connectivity index is 0.00000246. The quantitative estimate of drug-likeness (QED) is 0.162. The van der Waals surface area contributed by atoms with Gasteiger partial charge in [-0.1, -0.05) is 32.3 Å². The van der Waals surface area contributed by atoms with E-state index in [0.29, 0.717) is 29.5 Å². The van der Waals surface area contributed by atoms with Gasteiger partial charge in [-0.05, 0) is 93.8 Å². The monoisotopic (exact) mass is 829 g/mol. The SMILES string of the molecule is C#Cc1c(F)ccc2cc(O)cc(-c3nc(OC)c4c(N5CC(CO)OCC(C)(O)C5)nc(OCC56CCCC5N(C5CC7(CCOCC7)C5)CCC6)nc4c3F)c12.CC. The Morgan fingerprint density at radius 2 is 1.80 bits per heavy atom. The van der Waals surface area contributed by atoms with E-state index >= 15 is 8.78 Å². The van der Waals surface area contributed by atoms with Crippen LogP contribution in [0.4, 0.5) is 14.6 Å². The number of hydrogen-bond acceptors (Lipinski definition) is 12. The first-order valence-corrected chi connectivity index (χ1v) is 21.5. The minimum absolute atomic E-state index is 0.0134. The molecule has 4 atom stereocenters. The molecule has 0 bridgehead atoms. The third-order valence-electron chi connectivity index (χ3n) is 13.6. The molecule has 2 aliphatic carbocycles. The number of fused-ring (bicyclic) bond motifs is 3. The van der Waals surface area contributed by atoms with Crippen LogP contribution in [-0.4, -0.2) is 119 Å². The molecule has 4 unspecified atom stereocenters. The number of phenolic OH excluding ortho intramolecular Hbond substituents is 1. The van der Waals surface area contributed by atoms with Crippen LogP contribution in [0.5, 0.6) is 17.6 Å². The number of likely N-dealkylation sites (tertiary alicyclic amines) is 1. The minimum Gasteiger partial charge on any atom is -0.508 e. The molecule has 3 aliphatic heterocycles. The summed E-state index contributed by atoms with van der Waals surface area (Å²) in [4.78, 5) is 18.7. The number of aliphatic hydroxyl groups is 2. The van der Waals surface area contributed by atoms with Crippen molar-refractivity contribution in [1.82, 2.24) is 19.9 Å². The zero-order valence-corrected chi connectivity index (χ0v) is 35.1. The number of aliphatic hydroxyl groups excluding tert-OH is 1. The number of aromatic hydroxyl groups is 1. The molecule has 2 aromatic heterocycles. The number of methoxy groups -OCH3 is 1. The number of halogens is 2. The van der Waals surface area contributed by atoms with Gasteiger partial charge in [-0.2, -0.15) is 9.97 Å². The summed E-state index contributed by atoms with van der Waals surface area (Å²) in [5.74, 6) is 0.712. The maximum Gasteiger partial charge on any atom is 0.319 e. The normalized spacial score (nSPS) is 26.8. The van der Waals surface area contributed by atoms with E-state index in [0.717, 1.165) is 64.7 Å². The highest BCUT2D eigenvalue weighted by Gasteiger charge is 2.55. The van der Waals surface area contributed by atoms with Gasteiger partial charge in [-0.15, -0.1) is 6.42 Å². The van der Waals surface area contributed by atoms with Gasteiger partial charge in [0.1, 0.15) is 39.6 Å². The number of terminal acetylenes is 1. The number of β-amino-alcohol motifs (C(OH)–C–C–N with tert-alkyl or cyclic N) is 1. The van der Waals surface area contributed by atoms with Gasteiger partial charge in [0.2, 0.25) is 5.88 Å². The molecule has 1 spiro atoms. The molecule has 5 heterocycles. The average molecular weight is 830 g/mol. The molecular formula is C46H57F2N5O7. The van der Waals surface area contributed by atoms with E-state index in [1.807, 2.05) is 13.8 Å². The summed E-state index contributed by atoms with van der Waals surface area (Å²) in [6.45, 7) is 8.45. The second kappa shape index (κ2) is 16.8. The van der Waals surface area contributed by atoms with E-state index in [1.54, 1.807) is 11.8 Å². The third-order valence-corrected chi connectivity index (χ3v) is 13.6. The first-order valence-electron chi connectivity index (χ1n) is 21.5. The van der Waals surface area contributed by atoms with E-state index in [4.69, 9.17) is 35.3 Å². The Bertz CT molecular complexity index is 2270. The number of nitrogens with zero attached hydrogens (tertiary/aromatic N) is 5. The van der Waals surface area contributed by atoms with Crippen LogP contribution in [0.1, 0.15) is 84.1 Å². The number of rotatable bonds is 8. The molecule has 5 fully saturated rings. The molecular weight excluding hydrogens is 773 g/mol. The smallest absolute Gasteiger partial charge is 0.319 e. The maximum atomic E-state index is 17.5. The summed E-state index contributed by atoms with van der Waals surface area (Å²) < 4.78 is 56.6. The molecule has 322 valence electrons. The van der Waals surface area contributed by atoms with Crippen LogP contribution in [0, 0.1) is 34.8 Å². The maximum absolute atomic E-state index is 17.5. The Kier molecular flexibility index (Phi) is 11.9. The van der Waals surface area contributed by atoms with Crippen LogP contribution >= 0.6 is 0 Å². The highest BCUT2D eigenvalue weighted by atomic mass is 19.1. The largest absolute Gasteiger partial charge is 0.508 e. The van der Waals surface area contributed by atoms with Crippen LogP contribution in [0.2, 0.25) is 0 Å². The molecule has 2 saturated carbocycles. The third kappa shape index (κ3) is 7.61. The molecule has 9 rings (SSSR count). The van der Waals surface area contributed by atoms with E-state index in [-0.39, 0.29) is 88.3 Å². The lowest BCUT2D eigenvalue weighted by molar-refractivity contribution is -0.112. The molecule has 4 aromatic rings. The Morgan fingerprint density at radius 3 is 2.53 bits per heavy atom. The zero-order valence-electron chi connectivity index (χ0n) is 35.1. The van der Waals surface area contributed by atoms with Crippen molar-refractivity contribution in [3.05, 3.63) is 41.5 Å². The molecule has 0 amide bonds. The van der Waals surface area contributed by atoms with Gasteiger partial charge in [0, 0.05) is 48.2 Å². The number of benzene rings is 2. The van der Waals surface area contributed by atoms with E-state index < -0.39 is 23.3 Å². The molecule has 14 heteroatoms. The van der Waals surface area contributed by atoms with Crippen molar-refractivity contribution in [2.75, 3.05) is 64.7 Å². The number of hydrogen-bond donors (Lipinski definition) is 3. The van der Waals surface area contributed by atoms with Crippen LogP contribution in [0.3, 0.4) is 0 Å². The number of aromatic nitrogens is 3. The van der Waals surface area contributed by atoms with E-state index in [2.05, 4.69) is 15.8 Å². The predicted molar refractivity (Wildman–Crippen MR) is 224 cm³/mol. The van der Waals surface area contributed by atoms with Crippen molar-refractivity contribution >= 4 is 27.5 Å². The summed E-state index contributed by atoms with van der Waals surface area (Å²) in [6, 6.07) is 6.19. The summed E-state index contributed by atoms with van der Waals surface area (Å²) >= 11 is 0. The molecule has 60 heavy (non-hydrogen) atoms. The zero-order chi connectivity index (χ0) is 42.4. The number of phenols is 1. The van der Waals surface area contributed by atoms with Gasteiger partial charge >= 0.3 is 6.01 Å².